The first-order chi connectivity index (χ1) is 7.63. The second kappa shape index (κ2) is 4.82. The monoisotopic (exact) mass is 287 g/mol. The fraction of sp³-hybridized carbons (Fsp3) is 0.500. The van der Waals surface area contributed by atoms with Crippen LogP contribution in [0.15, 0.2) is 16.6 Å². The van der Waals surface area contributed by atoms with E-state index in [0.29, 0.717) is 0 Å². The van der Waals surface area contributed by atoms with Gasteiger partial charge in [-0.25, -0.2) is 4.39 Å². The van der Waals surface area contributed by atoms with Gasteiger partial charge in [-0.2, -0.15) is 0 Å². The molecule has 0 saturated carbocycles. The van der Waals surface area contributed by atoms with Gasteiger partial charge in [-0.15, -0.1) is 0 Å². The van der Waals surface area contributed by atoms with Crippen molar-refractivity contribution in [3.05, 3.63) is 33.5 Å². The Morgan fingerprint density at radius 1 is 1.62 bits per heavy atom. The van der Waals surface area contributed by atoms with Crippen molar-refractivity contribution in [2.24, 2.45) is 0 Å². The van der Waals surface area contributed by atoms with E-state index in [4.69, 9.17) is 5.11 Å². The summed E-state index contributed by atoms with van der Waals surface area (Å²) in [7, 11) is 0. The van der Waals surface area contributed by atoms with Crippen LogP contribution < -0.4 is 5.32 Å². The first-order valence-electron chi connectivity index (χ1n) is 5.47. The van der Waals surface area contributed by atoms with Crippen LogP contribution in [0.25, 0.3) is 0 Å². The largest absolute Gasteiger partial charge is 0.395 e. The molecule has 4 heteroatoms. The summed E-state index contributed by atoms with van der Waals surface area (Å²) in [4.78, 5) is 0. The molecule has 0 bridgehead atoms. The highest BCUT2D eigenvalue weighted by Gasteiger charge is 2.27. The quantitative estimate of drug-likeness (QED) is 0.896. The zero-order valence-corrected chi connectivity index (χ0v) is 10.7. The summed E-state index contributed by atoms with van der Waals surface area (Å²) in [6.45, 7) is 2.02. The summed E-state index contributed by atoms with van der Waals surface area (Å²) < 4.78 is 14.5. The molecule has 0 amide bonds. The third-order valence-electron chi connectivity index (χ3n) is 3.04. The first-order valence-corrected chi connectivity index (χ1v) is 6.26. The van der Waals surface area contributed by atoms with Crippen molar-refractivity contribution in [2.75, 3.05) is 6.61 Å². The standard InChI is InChI=1S/C12H15BrFNO/c1-7(6-16)15-11-5-2-8-10(14)4-3-9(13)12(8)11/h3-4,7,11,15-16H,2,5-6H2,1H3. The molecular formula is C12H15BrFNO. The molecule has 2 atom stereocenters. The number of rotatable bonds is 3. The Labute approximate surface area is 103 Å². The first kappa shape index (κ1) is 12.0. The Morgan fingerprint density at radius 2 is 2.38 bits per heavy atom. The van der Waals surface area contributed by atoms with Gasteiger partial charge in [-0.3, -0.25) is 0 Å². The van der Waals surface area contributed by atoms with E-state index in [-0.39, 0.29) is 24.5 Å². The number of aliphatic hydroxyl groups excluding tert-OH is 1. The van der Waals surface area contributed by atoms with Crippen molar-refractivity contribution >= 4 is 15.9 Å². The Balaban J connectivity index is 2.28. The lowest BCUT2D eigenvalue weighted by Crippen LogP contribution is -2.32. The van der Waals surface area contributed by atoms with E-state index in [2.05, 4.69) is 21.2 Å². The van der Waals surface area contributed by atoms with Crippen LogP contribution in [0.4, 0.5) is 4.39 Å². The molecule has 0 aliphatic heterocycles. The Bertz CT molecular complexity index is 397. The summed E-state index contributed by atoms with van der Waals surface area (Å²) in [6.07, 6.45) is 1.65. The molecule has 0 aromatic heterocycles. The van der Waals surface area contributed by atoms with Crippen LogP contribution in [0.3, 0.4) is 0 Å². The highest BCUT2D eigenvalue weighted by Crippen LogP contribution is 2.38. The van der Waals surface area contributed by atoms with Crippen LogP contribution in [-0.2, 0) is 6.42 Å². The number of nitrogens with one attached hydrogen (secondary N) is 1. The van der Waals surface area contributed by atoms with Gasteiger partial charge in [0.05, 0.1) is 6.61 Å². The fourth-order valence-electron chi connectivity index (χ4n) is 2.24. The number of hydrogen-bond acceptors (Lipinski definition) is 2. The topological polar surface area (TPSA) is 32.3 Å². The maximum Gasteiger partial charge on any atom is 0.126 e. The molecule has 0 fully saturated rings. The Hall–Kier alpha value is -0.450. The molecule has 1 aliphatic carbocycles. The number of halogens is 2. The lowest BCUT2D eigenvalue weighted by atomic mass is 10.1. The summed E-state index contributed by atoms with van der Waals surface area (Å²) in [6, 6.07) is 3.42. The summed E-state index contributed by atoms with van der Waals surface area (Å²) in [5, 5.41) is 12.3. The fourth-order valence-corrected chi connectivity index (χ4v) is 2.88. The second-order valence-corrected chi connectivity index (χ2v) is 5.12. The van der Waals surface area contributed by atoms with E-state index in [1.54, 1.807) is 6.07 Å². The third kappa shape index (κ3) is 2.14. The van der Waals surface area contributed by atoms with Crippen molar-refractivity contribution in [1.82, 2.24) is 5.32 Å². The van der Waals surface area contributed by atoms with Crippen LogP contribution in [0.1, 0.15) is 30.5 Å². The molecule has 2 N–H and O–H groups in total. The summed E-state index contributed by atoms with van der Waals surface area (Å²) in [5.74, 6) is -0.126. The number of aliphatic hydroxyl groups is 1. The van der Waals surface area contributed by atoms with E-state index in [1.807, 2.05) is 6.92 Å². The molecule has 0 heterocycles. The lowest BCUT2D eigenvalue weighted by molar-refractivity contribution is 0.240. The predicted molar refractivity (Wildman–Crippen MR) is 64.8 cm³/mol. The van der Waals surface area contributed by atoms with Crippen LogP contribution in [0.2, 0.25) is 0 Å². The number of fused-ring (bicyclic) bond motifs is 1. The third-order valence-corrected chi connectivity index (χ3v) is 3.73. The van der Waals surface area contributed by atoms with Crippen molar-refractivity contribution in [1.29, 1.82) is 0 Å². The minimum atomic E-state index is -0.126. The molecule has 2 rings (SSSR count). The minimum absolute atomic E-state index is 0.0334. The Morgan fingerprint density at radius 3 is 3.06 bits per heavy atom. The van der Waals surface area contributed by atoms with Gasteiger partial charge in [-0.05, 0) is 43.0 Å². The molecule has 1 aromatic carbocycles. The van der Waals surface area contributed by atoms with E-state index >= 15 is 0 Å². The van der Waals surface area contributed by atoms with Gasteiger partial charge in [-0.1, -0.05) is 15.9 Å². The molecule has 0 radical (unpaired) electrons. The molecule has 1 aliphatic rings. The van der Waals surface area contributed by atoms with Gasteiger partial charge in [0.2, 0.25) is 0 Å². The van der Waals surface area contributed by atoms with E-state index in [1.165, 1.54) is 6.07 Å². The van der Waals surface area contributed by atoms with Crippen molar-refractivity contribution in [2.45, 2.75) is 31.8 Å². The zero-order chi connectivity index (χ0) is 11.7. The van der Waals surface area contributed by atoms with Gasteiger partial charge in [0, 0.05) is 16.6 Å². The lowest BCUT2D eigenvalue weighted by Gasteiger charge is -2.19. The SMILES string of the molecule is CC(CO)NC1CCc2c(F)ccc(Br)c21. The van der Waals surface area contributed by atoms with Gasteiger partial charge >= 0.3 is 0 Å². The molecule has 88 valence electrons. The smallest absolute Gasteiger partial charge is 0.126 e. The van der Waals surface area contributed by atoms with Crippen LogP contribution >= 0.6 is 15.9 Å². The highest BCUT2D eigenvalue weighted by molar-refractivity contribution is 9.10. The maximum absolute atomic E-state index is 13.6. The van der Waals surface area contributed by atoms with Gasteiger partial charge in [0.25, 0.3) is 0 Å². The summed E-state index contributed by atoms with van der Waals surface area (Å²) >= 11 is 3.46. The molecule has 2 unspecified atom stereocenters. The number of hydrogen-bond donors (Lipinski definition) is 2. The summed E-state index contributed by atoms with van der Waals surface area (Å²) in [5.41, 5.74) is 1.82. The molecular weight excluding hydrogens is 273 g/mol. The Kier molecular flexibility index (Phi) is 3.62. The van der Waals surface area contributed by atoms with Crippen molar-refractivity contribution in [3.63, 3.8) is 0 Å². The average molecular weight is 288 g/mol. The average Bonchev–Trinajstić information content (AvgIpc) is 2.68. The van der Waals surface area contributed by atoms with Crippen LogP contribution in [-0.4, -0.2) is 17.8 Å². The van der Waals surface area contributed by atoms with Crippen LogP contribution in [0.5, 0.6) is 0 Å². The maximum atomic E-state index is 13.6. The van der Waals surface area contributed by atoms with Crippen molar-refractivity contribution in [3.8, 4) is 0 Å². The highest BCUT2D eigenvalue weighted by atomic mass is 79.9. The van der Waals surface area contributed by atoms with E-state index < -0.39 is 0 Å². The molecule has 0 saturated heterocycles. The van der Waals surface area contributed by atoms with Gasteiger partial charge in [0.1, 0.15) is 5.82 Å². The molecule has 0 spiro atoms. The van der Waals surface area contributed by atoms with E-state index in [9.17, 15) is 4.39 Å². The number of benzene rings is 1. The molecule has 1 aromatic rings. The van der Waals surface area contributed by atoms with Crippen molar-refractivity contribution < 1.29 is 9.50 Å². The van der Waals surface area contributed by atoms with Gasteiger partial charge < -0.3 is 10.4 Å². The predicted octanol–water partition coefficient (Wildman–Crippen LogP) is 2.55. The second-order valence-electron chi connectivity index (χ2n) is 4.26. The zero-order valence-electron chi connectivity index (χ0n) is 9.13. The van der Waals surface area contributed by atoms with Gasteiger partial charge in [0.15, 0.2) is 0 Å². The molecule has 16 heavy (non-hydrogen) atoms. The molecule has 2 nitrogen and oxygen atoms in total. The normalized spacial score (nSPS) is 20.9. The minimum Gasteiger partial charge on any atom is -0.395 e. The van der Waals surface area contributed by atoms with Crippen LogP contribution in [0, 0.1) is 5.82 Å². The van der Waals surface area contributed by atoms with E-state index in [0.717, 1.165) is 28.4 Å².